The molecule has 0 aliphatic rings. The van der Waals surface area contributed by atoms with Crippen LogP contribution in [0.4, 0.5) is 5.82 Å². The minimum Gasteiger partial charge on any atom is -0.363 e. The number of nitrogens with zero attached hydrogens (tertiary/aromatic N) is 2. The van der Waals surface area contributed by atoms with E-state index in [9.17, 15) is 4.79 Å². The summed E-state index contributed by atoms with van der Waals surface area (Å²) in [6, 6.07) is 0. The Morgan fingerprint density at radius 3 is 3.13 bits per heavy atom. The number of thiazole rings is 1. The standard InChI is InChI=1S/C8H7BrN4OS/c9-6-2-10-4-12-7(6)11-1-5-3-15-8(14)13-5/h2-4H,1H2,(H,13,14)(H,10,11,12). The maximum absolute atomic E-state index is 10.9. The molecule has 2 aromatic heterocycles. The highest BCUT2D eigenvalue weighted by atomic mass is 79.9. The van der Waals surface area contributed by atoms with Gasteiger partial charge in [-0.05, 0) is 15.9 Å². The second kappa shape index (κ2) is 4.54. The minimum absolute atomic E-state index is 0.0476. The molecule has 0 spiro atoms. The zero-order valence-electron chi connectivity index (χ0n) is 7.53. The number of aromatic nitrogens is 3. The molecule has 0 aromatic carbocycles. The Morgan fingerprint density at radius 2 is 2.47 bits per heavy atom. The summed E-state index contributed by atoms with van der Waals surface area (Å²) < 4.78 is 0.794. The van der Waals surface area contributed by atoms with Crippen LogP contribution >= 0.6 is 27.3 Å². The predicted octanol–water partition coefficient (Wildman–Crippen LogP) is 1.60. The number of halogens is 1. The first kappa shape index (κ1) is 10.3. The van der Waals surface area contributed by atoms with Crippen molar-refractivity contribution in [2.75, 3.05) is 5.32 Å². The maximum atomic E-state index is 10.9. The van der Waals surface area contributed by atoms with E-state index >= 15 is 0 Å². The van der Waals surface area contributed by atoms with Crippen LogP contribution in [0.1, 0.15) is 5.69 Å². The zero-order chi connectivity index (χ0) is 10.7. The summed E-state index contributed by atoms with van der Waals surface area (Å²) in [7, 11) is 0. The van der Waals surface area contributed by atoms with Gasteiger partial charge in [0.15, 0.2) is 0 Å². The quantitative estimate of drug-likeness (QED) is 0.899. The van der Waals surface area contributed by atoms with Gasteiger partial charge < -0.3 is 10.3 Å². The van der Waals surface area contributed by atoms with Crippen molar-refractivity contribution in [3.05, 3.63) is 37.7 Å². The van der Waals surface area contributed by atoms with Crippen molar-refractivity contribution in [3.63, 3.8) is 0 Å². The topological polar surface area (TPSA) is 70.7 Å². The van der Waals surface area contributed by atoms with Crippen molar-refractivity contribution < 1.29 is 0 Å². The van der Waals surface area contributed by atoms with E-state index in [1.54, 1.807) is 11.6 Å². The molecule has 2 rings (SSSR count). The van der Waals surface area contributed by atoms with Gasteiger partial charge >= 0.3 is 4.87 Å². The molecule has 2 N–H and O–H groups in total. The lowest BCUT2D eigenvalue weighted by Crippen LogP contribution is -2.04. The van der Waals surface area contributed by atoms with E-state index in [0.717, 1.165) is 21.5 Å². The Bertz CT molecular complexity index is 509. The van der Waals surface area contributed by atoms with Crippen molar-refractivity contribution in [1.29, 1.82) is 0 Å². The van der Waals surface area contributed by atoms with Gasteiger partial charge in [-0.15, -0.1) is 0 Å². The summed E-state index contributed by atoms with van der Waals surface area (Å²) in [6.07, 6.45) is 3.12. The fourth-order valence-corrected chi connectivity index (χ4v) is 1.96. The molecule has 0 amide bonds. The van der Waals surface area contributed by atoms with Gasteiger partial charge in [0.05, 0.1) is 11.0 Å². The second-order valence-corrected chi connectivity index (χ2v) is 4.44. The van der Waals surface area contributed by atoms with Crippen LogP contribution in [0.25, 0.3) is 0 Å². The first-order chi connectivity index (χ1) is 7.25. The number of anilines is 1. The van der Waals surface area contributed by atoms with E-state index in [0.29, 0.717) is 12.4 Å². The van der Waals surface area contributed by atoms with Gasteiger partial charge in [0.1, 0.15) is 12.1 Å². The Hall–Kier alpha value is -1.21. The van der Waals surface area contributed by atoms with Crippen molar-refractivity contribution in [2.45, 2.75) is 6.54 Å². The Kier molecular flexibility index (Phi) is 3.12. The average Bonchev–Trinajstić information content (AvgIpc) is 2.63. The van der Waals surface area contributed by atoms with Gasteiger partial charge in [-0.25, -0.2) is 9.97 Å². The highest BCUT2D eigenvalue weighted by Gasteiger charge is 2.01. The van der Waals surface area contributed by atoms with Crippen LogP contribution in [-0.4, -0.2) is 15.0 Å². The zero-order valence-corrected chi connectivity index (χ0v) is 9.93. The fourth-order valence-electron chi connectivity index (χ4n) is 1.02. The van der Waals surface area contributed by atoms with Gasteiger partial charge in [0, 0.05) is 17.3 Å². The van der Waals surface area contributed by atoms with E-state index in [1.807, 2.05) is 0 Å². The Balaban J connectivity index is 2.05. The number of hydrogen-bond donors (Lipinski definition) is 2. The maximum Gasteiger partial charge on any atom is 0.304 e. The second-order valence-electron chi connectivity index (χ2n) is 2.75. The van der Waals surface area contributed by atoms with Crippen LogP contribution in [0.15, 0.2) is 27.2 Å². The first-order valence-corrected chi connectivity index (χ1v) is 5.79. The fraction of sp³-hybridized carbons (Fsp3) is 0.125. The number of aromatic amines is 1. The summed E-state index contributed by atoms with van der Waals surface area (Å²) in [5, 5.41) is 4.86. The largest absolute Gasteiger partial charge is 0.363 e. The molecule has 0 saturated carbocycles. The molecule has 0 radical (unpaired) electrons. The summed E-state index contributed by atoms with van der Waals surface area (Å²) in [5.74, 6) is 0.706. The normalized spacial score (nSPS) is 10.2. The van der Waals surface area contributed by atoms with E-state index in [1.165, 1.54) is 6.33 Å². The van der Waals surface area contributed by atoms with Crippen LogP contribution in [0.5, 0.6) is 0 Å². The van der Waals surface area contributed by atoms with Gasteiger partial charge in [0.2, 0.25) is 0 Å². The molecule has 5 nitrogen and oxygen atoms in total. The average molecular weight is 287 g/mol. The molecule has 0 aliphatic heterocycles. The Morgan fingerprint density at radius 1 is 1.60 bits per heavy atom. The molecule has 0 bridgehead atoms. The van der Waals surface area contributed by atoms with Crippen LogP contribution in [-0.2, 0) is 6.54 Å². The lowest BCUT2D eigenvalue weighted by Gasteiger charge is -2.04. The van der Waals surface area contributed by atoms with Gasteiger partial charge in [0.25, 0.3) is 0 Å². The summed E-state index contributed by atoms with van der Waals surface area (Å²) in [4.78, 5) is 21.4. The highest BCUT2D eigenvalue weighted by Crippen LogP contribution is 2.17. The van der Waals surface area contributed by atoms with Crippen LogP contribution in [0.2, 0.25) is 0 Å². The monoisotopic (exact) mass is 286 g/mol. The first-order valence-electron chi connectivity index (χ1n) is 4.12. The van der Waals surface area contributed by atoms with E-state index in [2.05, 4.69) is 36.2 Å². The molecule has 0 unspecified atom stereocenters. The van der Waals surface area contributed by atoms with Crippen molar-refractivity contribution >= 4 is 33.1 Å². The summed E-state index contributed by atoms with van der Waals surface area (Å²) >= 11 is 4.47. The van der Waals surface area contributed by atoms with Gasteiger partial charge in [-0.1, -0.05) is 11.3 Å². The number of H-pyrrole nitrogens is 1. The molecule has 2 heterocycles. The van der Waals surface area contributed by atoms with Crippen LogP contribution in [0, 0.1) is 0 Å². The lowest BCUT2D eigenvalue weighted by molar-refractivity contribution is 1.02. The van der Waals surface area contributed by atoms with Gasteiger partial charge in [-0.3, -0.25) is 4.79 Å². The molecule has 7 heteroatoms. The predicted molar refractivity (Wildman–Crippen MR) is 62.0 cm³/mol. The lowest BCUT2D eigenvalue weighted by atomic mass is 10.4. The number of nitrogens with one attached hydrogen (secondary N) is 2. The van der Waals surface area contributed by atoms with Gasteiger partial charge in [-0.2, -0.15) is 0 Å². The molecule has 78 valence electrons. The molecule has 0 fully saturated rings. The summed E-state index contributed by atoms with van der Waals surface area (Å²) in [5.41, 5.74) is 0.843. The number of rotatable bonds is 3. The third-order valence-corrected chi connectivity index (χ3v) is 2.98. The summed E-state index contributed by atoms with van der Waals surface area (Å²) in [6.45, 7) is 0.536. The van der Waals surface area contributed by atoms with E-state index in [4.69, 9.17) is 0 Å². The molecule has 2 aromatic rings. The minimum atomic E-state index is -0.0476. The van der Waals surface area contributed by atoms with Crippen molar-refractivity contribution in [1.82, 2.24) is 15.0 Å². The molecule has 0 aliphatic carbocycles. The molecule has 0 atom stereocenters. The third kappa shape index (κ3) is 2.63. The molecule has 0 saturated heterocycles. The van der Waals surface area contributed by atoms with Crippen molar-refractivity contribution in [3.8, 4) is 0 Å². The third-order valence-electron chi connectivity index (χ3n) is 1.68. The molecular formula is C8H7BrN4OS. The smallest absolute Gasteiger partial charge is 0.304 e. The van der Waals surface area contributed by atoms with E-state index in [-0.39, 0.29) is 4.87 Å². The Labute approximate surface area is 97.7 Å². The van der Waals surface area contributed by atoms with E-state index < -0.39 is 0 Å². The molecule has 15 heavy (non-hydrogen) atoms. The highest BCUT2D eigenvalue weighted by molar-refractivity contribution is 9.10. The van der Waals surface area contributed by atoms with Crippen molar-refractivity contribution in [2.24, 2.45) is 0 Å². The molecular weight excluding hydrogens is 280 g/mol. The van der Waals surface area contributed by atoms with Crippen LogP contribution in [0.3, 0.4) is 0 Å². The number of hydrogen-bond acceptors (Lipinski definition) is 5. The SMILES string of the molecule is O=c1[nH]c(CNc2ncncc2Br)cs1. The van der Waals surface area contributed by atoms with Crippen LogP contribution < -0.4 is 10.2 Å².